The number of anilines is 2. The van der Waals surface area contributed by atoms with Gasteiger partial charge in [0.25, 0.3) is 11.6 Å². The molecule has 4 aromatic carbocycles. The van der Waals surface area contributed by atoms with Gasteiger partial charge in [0, 0.05) is 28.8 Å². The van der Waals surface area contributed by atoms with Crippen molar-refractivity contribution >= 4 is 40.5 Å². The standard InChI is InChI=1S/C32H27N5O6/c1-20-10-6-7-13-23(20)27(38)19-36-26-15-9-8-14-24(26)29(21-11-4-3-5-12-21)34-30(31(36)39)35-32(40)33-25-18-22(37(41)42)16-17-28(25)43-2/h3-18,30H,19H2,1-2H3,(H2,33,35,40). The molecule has 2 N–H and O–H groups in total. The number of benzene rings is 4. The van der Waals surface area contributed by atoms with E-state index in [4.69, 9.17) is 4.74 Å². The van der Waals surface area contributed by atoms with E-state index in [-0.39, 0.29) is 29.5 Å². The molecule has 0 aromatic heterocycles. The number of aliphatic imine (C=N–C) groups is 1. The van der Waals surface area contributed by atoms with E-state index in [1.807, 2.05) is 49.4 Å². The number of nitro groups is 1. The number of carbonyl (C=O) groups excluding carboxylic acids is 3. The first kappa shape index (κ1) is 28.7. The highest BCUT2D eigenvalue weighted by Gasteiger charge is 2.34. The van der Waals surface area contributed by atoms with E-state index >= 15 is 0 Å². The van der Waals surface area contributed by atoms with Gasteiger partial charge >= 0.3 is 6.03 Å². The van der Waals surface area contributed by atoms with Gasteiger partial charge in [-0.25, -0.2) is 9.79 Å². The number of ketones is 1. The highest BCUT2D eigenvalue weighted by molar-refractivity contribution is 6.21. The summed E-state index contributed by atoms with van der Waals surface area (Å²) in [7, 11) is 1.36. The lowest BCUT2D eigenvalue weighted by atomic mass is 9.99. The second-order valence-electron chi connectivity index (χ2n) is 9.67. The van der Waals surface area contributed by atoms with Gasteiger partial charge < -0.3 is 20.3 Å². The molecule has 0 fully saturated rings. The topological polar surface area (TPSA) is 143 Å². The normalized spacial score (nSPS) is 14.2. The first-order valence-electron chi connectivity index (χ1n) is 13.3. The van der Waals surface area contributed by atoms with E-state index in [9.17, 15) is 24.5 Å². The molecule has 3 amide bonds. The molecule has 1 unspecified atom stereocenters. The first-order chi connectivity index (χ1) is 20.8. The molecule has 0 saturated carbocycles. The van der Waals surface area contributed by atoms with Crippen molar-refractivity contribution in [2.24, 2.45) is 4.99 Å². The van der Waals surface area contributed by atoms with Crippen molar-refractivity contribution in [3.63, 3.8) is 0 Å². The lowest BCUT2D eigenvalue weighted by Gasteiger charge is -2.25. The van der Waals surface area contributed by atoms with Crippen LogP contribution in [0.2, 0.25) is 0 Å². The SMILES string of the molecule is COc1ccc([N+](=O)[O-])cc1NC(=O)NC1N=C(c2ccccc2)c2ccccc2N(CC(=O)c2ccccc2C)C1=O. The molecule has 43 heavy (non-hydrogen) atoms. The molecule has 0 radical (unpaired) electrons. The van der Waals surface area contributed by atoms with Crippen LogP contribution in [0.5, 0.6) is 5.75 Å². The Morgan fingerprint density at radius 3 is 2.40 bits per heavy atom. The fourth-order valence-electron chi connectivity index (χ4n) is 4.82. The van der Waals surface area contributed by atoms with Gasteiger partial charge in [-0.1, -0.05) is 72.8 Å². The van der Waals surface area contributed by atoms with E-state index in [0.29, 0.717) is 28.1 Å². The number of nitrogens with one attached hydrogen (secondary N) is 2. The molecular weight excluding hydrogens is 550 g/mol. The average molecular weight is 578 g/mol. The smallest absolute Gasteiger partial charge is 0.321 e. The Labute approximate surface area is 247 Å². The monoisotopic (exact) mass is 577 g/mol. The quantitative estimate of drug-likeness (QED) is 0.169. The number of para-hydroxylation sites is 1. The van der Waals surface area contributed by atoms with Crippen molar-refractivity contribution in [2.75, 3.05) is 23.9 Å². The molecule has 0 spiro atoms. The van der Waals surface area contributed by atoms with Crippen LogP contribution in [-0.4, -0.2) is 48.2 Å². The third-order valence-electron chi connectivity index (χ3n) is 6.91. The minimum absolute atomic E-state index is 0.0254. The molecular formula is C32H27N5O6. The number of hydrogen-bond donors (Lipinski definition) is 2. The Kier molecular flexibility index (Phi) is 8.24. The Bertz CT molecular complexity index is 1750. The number of benzodiazepines with no additional fused rings is 1. The number of nitro benzene ring substituents is 1. The zero-order valence-corrected chi connectivity index (χ0v) is 23.3. The molecule has 11 nitrogen and oxygen atoms in total. The van der Waals surface area contributed by atoms with Crippen molar-refractivity contribution in [1.29, 1.82) is 0 Å². The van der Waals surface area contributed by atoms with Crippen LogP contribution in [0, 0.1) is 17.0 Å². The van der Waals surface area contributed by atoms with Crippen LogP contribution in [0.3, 0.4) is 0 Å². The molecule has 0 bridgehead atoms. The number of non-ortho nitro benzene ring substituents is 1. The molecule has 0 saturated heterocycles. The second-order valence-corrected chi connectivity index (χ2v) is 9.67. The second kappa shape index (κ2) is 12.4. The van der Waals surface area contributed by atoms with Gasteiger partial charge in [-0.15, -0.1) is 0 Å². The highest BCUT2D eigenvalue weighted by atomic mass is 16.6. The van der Waals surface area contributed by atoms with Crippen LogP contribution in [0.1, 0.15) is 27.0 Å². The summed E-state index contributed by atoms with van der Waals surface area (Å²) in [5.74, 6) is -0.741. The zero-order valence-electron chi connectivity index (χ0n) is 23.3. The van der Waals surface area contributed by atoms with Crippen molar-refractivity contribution in [1.82, 2.24) is 5.32 Å². The summed E-state index contributed by atoms with van der Waals surface area (Å²) in [6.45, 7) is 1.52. The summed E-state index contributed by atoms with van der Waals surface area (Å²) in [4.78, 5) is 57.5. The third-order valence-corrected chi connectivity index (χ3v) is 6.91. The molecule has 11 heteroatoms. The van der Waals surface area contributed by atoms with Crippen LogP contribution in [0.4, 0.5) is 21.9 Å². The van der Waals surface area contributed by atoms with Crippen molar-refractivity contribution in [2.45, 2.75) is 13.1 Å². The summed E-state index contributed by atoms with van der Waals surface area (Å²) in [5, 5.41) is 16.4. The van der Waals surface area contributed by atoms with E-state index in [1.54, 1.807) is 36.4 Å². The van der Waals surface area contributed by atoms with Gasteiger partial charge in [-0.3, -0.25) is 19.7 Å². The van der Waals surface area contributed by atoms with E-state index in [1.165, 1.54) is 24.1 Å². The Hall–Kier alpha value is -5.84. The lowest BCUT2D eigenvalue weighted by Crippen LogP contribution is -2.50. The van der Waals surface area contributed by atoms with Crippen molar-refractivity contribution < 1.29 is 24.0 Å². The summed E-state index contributed by atoms with van der Waals surface area (Å²) < 4.78 is 5.24. The number of carbonyl (C=O) groups is 3. The molecule has 1 heterocycles. The Balaban J connectivity index is 1.54. The minimum Gasteiger partial charge on any atom is -0.495 e. The van der Waals surface area contributed by atoms with Crippen molar-refractivity contribution in [3.05, 3.63) is 129 Å². The van der Waals surface area contributed by atoms with E-state index in [0.717, 1.165) is 11.6 Å². The van der Waals surface area contributed by atoms with Gasteiger partial charge in [0.05, 0.1) is 35.7 Å². The molecule has 5 rings (SSSR count). The number of urea groups is 1. The van der Waals surface area contributed by atoms with Crippen LogP contribution < -0.4 is 20.3 Å². The number of ether oxygens (including phenoxy) is 1. The number of aryl methyl sites for hydroxylation is 1. The fourth-order valence-corrected chi connectivity index (χ4v) is 4.82. The Morgan fingerprint density at radius 2 is 1.67 bits per heavy atom. The number of amides is 3. The minimum atomic E-state index is -1.45. The van der Waals surface area contributed by atoms with Gasteiger partial charge in [-0.2, -0.15) is 0 Å². The summed E-state index contributed by atoms with van der Waals surface area (Å²) in [6.07, 6.45) is -1.45. The molecule has 4 aromatic rings. The number of nitrogens with zero attached hydrogens (tertiary/aromatic N) is 3. The summed E-state index contributed by atoms with van der Waals surface area (Å²) >= 11 is 0. The lowest BCUT2D eigenvalue weighted by molar-refractivity contribution is -0.384. The first-order valence-corrected chi connectivity index (χ1v) is 13.3. The Morgan fingerprint density at radius 1 is 0.977 bits per heavy atom. The van der Waals surface area contributed by atoms with E-state index < -0.39 is 23.0 Å². The van der Waals surface area contributed by atoms with Gasteiger partial charge in [0.15, 0.2) is 5.78 Å². The molecule has 1 atom stereocenters. The highest BCUT2D eigenvalue weighted by Crippen LogP contribution is 2.30. The largest absolute Gasteiger partial charge is 0.495 e. The van der Waals surface area contributed by atoms with Gasteiger partial charge in [0.2, 0.25) is 6.17 Å². The fraction of sp³-hybridized carbons (Fsp3) is 0.125. The predicted octanol–water partition coefficient (Wildman–Crippen LogP) is 5.13. The summed E-state index contributed by atoms with van der Waals surface area (Å²) in [6, 6.07) is 26.3. The van der Waals surface area contributed by atoms with E-state index in [2.05, 4.69) is 15.6 Å². The van der Waals surface area contributed by atoms with Crippen LogP contribution in [0.15, 0.2) is 102 Å². The predicted molar refractivity (Wildman–Crippen MR) is 162 cm³/mol. The average Bonchev–Trinajstić information content (AvgIpc) is 3.12. The maximum atomic E-state index is 14.1. The maximum absolute atomic E-state index is 14.1. The maximum Gasteiger partial charge on any atom is 0.321 e. The van der Waals surface area contributed by atoms with Gasteiger partial charge in [-0.05, 0) is 24.6 Å². The van der Waals surface area contributed by atoms with Crippen LogP contribution in [-0.2, 0) is 4.79 Å². The zero-order chi connectivity index (χ0) is 30.5. The van der Waals surface area contributed by atoms with Crippen LogP contribution in [0.25, 0.3) is 0 Å². The number of Topliss-reactive ketones (excluding diaryl/α,β-unsaturated/α-hetero) is 1. The number of rotatable bonds is 8. The molecule has 1 aliphatic rings. The summed E-state index contributed by atoms with van der Waals surface area (Å²) in [5.41, 5.74) is 3.20. The molecule has 216 valence electrons. The van der Waals surface area contributed by atoms with Gasteiger partial charge in [0.1, 0.15) is 5.75 Å². The number of hydrogen-bond acceptors (Lipinski definition) is 7. The van der Waals surface area contributed by atoms with Crippen molar-refractivity contribution in [3.8, 4) is 5.75 Å². The third kappa shape index (κ3) is 6.10. The number of fused-ring (bicyclic) bond motifs is 1. The molecule has 0 aliphatic carbocycles. The van der Waals surface area contributed by atoms with Crippen LogP contribution >= 0.6 is 0 Å². The molecule has 1 aliphatic heterocycles. The number of methoxy groups -OCH3 is 1.